The molecule has 0 unspecified atom stereocenters. The number of amides is 1. The maximum absolute atomic E-state index is 12.4. The normalized spacial score (nSPS) is 14.1. The molecular weight excluding hydrogens is 325 g/mol. The molecule has 2 heterocycles. The molecule has 3 rings (SSSR count). The molecule has 1 aromatic heterocycles. The third-order valence-electron chi connectivity index (χ3n) is 3.57. The molecular formula is C14H12Cl2N5O+. The number of imidazole rings is 1. The molecule has 1 aliphatic rings. The van der Waals surface area contributed by atoms with Gasteiger partial charge in [0.25, 0.3) is 11.7 Å². The van der Waals surface area contributed by atoms with Gasteiger partial charge in [-0.15, -0.1) is 0 Å². The van der Waals surface area contributed by atoms with Crippen molar-refractivity contribution in [2.45, 2.75) is 12.8 Å². The number of likely N-dealkylation sites (tertiary alicyclic amines) is 1. The van der Waals surface area contributed by atoms with Crippen molar-refractivity contribution < 1.29 is 4.79 Å². The number of H-pyrrole nitrogens is 1. The zero-order valence-electron chi connectivity index (χ0n) is 11.5. The first kappa shape index (κ1) is 14.8. The topological polar surface area (TPSA) is 77.1 Å². The van der Waals surface area contributed by atoms with Gasteiger partial charge in [-0.3, -0.25) is 4.79 Å². The van der Waals surface area contributed by atoms with E-state index in [0.717, 1.165) is 12.8 Å². The fourth-order valence-corrected chi connectivity index (χ4v) is 2.97. The lowest BCUT2D eigenvalue weighted by atomic mass is 10.2. The molecule has 0 aliphatic carbocycles. The fraction of sp³-hybridized carbons (Fsp3) is 0.286. The second kappa shape index (κ2) is 5.95. The van der Waals surface area contributed by atoms with Crippen LogP contribution in [0.3, 0.4) is 0 Å². The van der Waals surface area contributed by atoms with Crippen molar-refractivity contribution in [1.29, 1.82) is 5.39 Å². The second-order valence-electron chi connectivity index (χ2n) is 5.01. The van der Waals surface area contributed by atoms with Crippen LogP contribution in [0.2, 0.25) is 10.0 Å². The summed E-state index contributed by atoms with van der Waals surface area (Å²) in [6.45, 7) is 1.39. The molecule has 22 heavy (non-hydrogen) atoms. The summed E-state index contributed by atoms with van der Waals surface area (Å²) >= 11 is 12.0. The molecule has 1 aliphatic heterocycles. The van der Waals surface area contributed by atoms with Gasteiger partial charge in [0, 0.05) is 23.1 Å². The molecule has 0 atom stereocenters. The molecule has 1 saturated heterocycles. The first-order chi connectivity index (χ1) is 10.6. The molecule has 0 bridgehead atoms. The Morgan fingerprint density at radius 3 is 2.68 bits per heavy atom. The minimum Gasteiger partial charge on any atom is -0.337 e. The summed E-state index contributed by atoms with van der Waals surface area (Å²) in [7, 11) is 0. The lowest BCUT2D eigenvalue weighted by Gasteiger charge is -2.12. The Bertz CT molecular complexity index is 774. The van der Waals surface area contributed by atoms with Gasteiger partial charge >= 0.3 is 5.82 Å². The minimum atomic E-state index is -0.228. The number of hydrogen-bond donors (Lipinski definition) is 1. The average molecular weight is 337 g/mol. The van der Waals surface area contributed by atoms with Crippen LogP contribution in [0.5, 0.6) is 0 Å². The molecule has 112 valence electrons. The lowest BCUT2D eigenvalue weighted by molar-refractivity contribution is 0.0789. The van der Waals surface area contributed by atoms with Crippen LogP contribution in [0, 0.1) is 5.39 Å². The van der Waals surface area contributed by atoms with Gasteiger partial charge in [-0.25, -0.2) is 0 Å². The molecule has 0 spiro atoms. The van der Waals surface area contributed by atoms with Crippen molar-refractivity contribution in [1.82, 2.24) is 14.9 Å². The molecule has 2 aromatic rings. The van der Waals surface area contributed by atoms with E-state index in [4.69, 9.17) is 28.6 Å². The molecule has 8 heteroatoms. The van der Waals surface area contributed by atoms with Crippen LogP contribution < -0.4 is 0 Å². The minimum absolute atomic E-state index is 0.0436. The van der Waals surface area contributed by atoms with Crippen molar-refractivity contribution in [3.05, 3.63) is 38.9 Å². The number of diazo groups is 1. The summed E-state index contributed by atoms with van der Waals surface area (Å²) in [6.07, 6.45) is 1.95. The fourth-order valence-electron chi connectivity index (χ4n) is 2.47. The van der Waals surface area contributed by atoms with Crippen molar-refractivity contribution >= 4 is 34.9 Å². The summed E-state index contributed by atoms with van der Waals surface area (Å²) in [6, 6.07) is 4.94. The SMILES string of the molecule is N#[N+]c1nc(-c2ccc(Cl)cc2Cl)[nH]c1C(=O)N1CCCC1. The second-order valence-corrected chi connectivity index (χ2v) is 5.85. The molecule has 0 radical (unpaired) electrons. The van der Waals surface area contributed by atoms with Crippen molar-refractivity contribution in [2.75, 3.05) is 13.1 Å². The summed E-state index contributed by atoms with van der Waals surface area (Å²) < 4.78 is 0. The highest BCUT2D eigenvalue weighted by molar-refractivity contribution is 6.36. The van der Waals surface area contributed by atoms with Crippen LogP contribution in [0.25, 0.3) is 16.4 Å². The number of carbonyl (C=O) groups is 1. The summed E-state index contributed by atoms with van der Waals surface area (Å²) in [5.41, 5.74) is 0.738. The Morgan fingerprint density at radius 2 is 2.05 bits per heavy atom. The summed E-state index contributed by atoms with van der Waals surface area (Å²) in [4.78, 5) is 24.3. The molecule has 1 amide bonds. The quantitative estimate of drug-likeness (QED) is 0.838. The van der Waals surface area contributed by atoms with Crippen LogP contribution >= 0.6 is 23.2 Å². The van der Waals surface area contributed by atoms with Gasteiger partial charge in [-0.1, -0.05) is 23.2 Å². The smallest absolute Gasteiger partial charge is 0.337 e. The van der Waals surface area contributed by atoms with E-state index < -0.39 is 0 Å². The number of carbonyl (C=O) groups excluding carboxylic acids is 1. The maximum atomic E-state index is 12.4. The van der Waals surface area contributed by atoms with Gasteiger partial charge < -0.3 is 9.88 Å². The molecule has 1 aromatic carbocycles. The Hall–Kier alpha value is -2.10. The summed E-state index contributed by atoms with van der Waals surface area (Å²) in [5, 5.41) is 10.00. The van der Waals surface area contributed by atoms with Crippen LogP contribution in [0.15, 0.2) is 18.2 Å². The number of benzene rings is 1. The van der Waals surface area contributed by atoms with Gasteiger partial charge in [0.15, 0.2) is 0 Å². The Kier molecular flexibility index (Phi) is 4.01. The average Bonchev–Trinajstić information content (AvgIpc) is 3.16. The van der Waals surface area contributed by atoms with Crippen LogP contribution in [-0.2, 0) is 0 Å². The number of aromatic amines is 1. The largest absolute Gasteiger partial charge is 0.496 e. The highest BCUT2D eigenvalue weighted by Gasteiger charge is 2.33. The number of halogens is 2. The first-order valence-corrected chi connectivity index (χ1v) is 7.55. The van der Waals surface area contributed by atoms with E-state index in [-0.39, 0.29) is 17.4 Å². The predicted molar refractivity (Wildman–Crippen MR) is 83.9 cm³/mol. The Balaban J connectivity index is 2.01. The molecule has 1 N–H and O–H groups in total. The van der Waals surface area contributed by atoms with Crippen LogP contribution in [-0.4, -0.2) is 33.9 Å². The monoisotopic (exact) mass is 336 g/mol. The summed E-state index contributed by atoms with van der Waals surface area (Å²) in [5.74, 6) is 0.0871. The van der Waals surface area contributed by atoms with E-state index in [1.54, 1.807) is 23.1 Å². The van der Waals surface area contributed by atoms with E-state index in [1.165, 1.54) is 0 Å². The Morgan fingerprint density at radius 1 is 1.32 bits per heavy atom. The maximum Gasteiger partial charge on any atom is 0.496 e. The zero-order chi connectivity index (χ0) is 15.7. The predicted octanol–water partition coefficient (Wildman–Crippen LogP) is 4.10. The van der Waals surface area contributed by atoms with Crippen molar-refractivity contribution in [3.63, 3.8) is 0 Å². The van der Waals surface area contributed by atoms with Gasteiger partial charge in [0.2, 0.25) is 5.69 Å². The highest BCUT2D eigenvalue weighted by Crippen LogP contribution is 2.31. The first-order valence-electron chi connectivity index (χ1n) is 6.80. The lowest BCUT2D eigenvalue weighted by Crippen LogP contribution is -2.27. The van der Waals surface area contributed by atoms with Gasteiger partial charge in [0.05, 0.1) is 16.0 Å². The number of hydrogen-bond acceptors (Lipinski definition) is 3. The molecule has 0 saturated carbocycles. The zero-order valence-corrected chi connectivity index (χ0v) is 13.0. The third kappa shape index (κ3) is 2.65. The molecule has 6 nitrogen and oxygen atoms in total. The number of nitrogens with one attached hydrogen (secondary N) is 1. The van der Waals surface area contributed by atoms with Gasteiger partial charge in [0.1, 0.15) is 0 Å². The number of rotatable bonds is 2. The number of nitrogens with zero attached hydrogens (tertiary/aromatic N) is 4. The van der Waals surface area contributed by atoms with E-state index in [0.29, 0.717) is 34.5 Å². The Labute approximate surface area is 136 Å². The van der Waals surface area contributed by atoms with Gasteiger partial charge in [-0.05, 0) is 36.0 Å². The standard InChI is InChI=1S/C14H11Cl2N5O/c15-8-3-4-9(10(16)7-8)12-18-11(13(19-12)20-17)14(22)21-5-1-2-6-21/h3-4,7H,1-2,5-6H2/p+1. The van der Waals surface area contributed by atoms with E-state index in [2.05, 4.69) is 14.9 Å². The van der Waals surface area contributed by atoms with E-state index >= 15 is 0 Å². The van der Waals surface area contributed by atoms with Gasteiger partial charge in [-0.2, -0.15) is 0 Å². The van der Waals surface area contributed by atoms with Crippen molar-refractivity contribution in [2.24, 2.45) is 0 Å². The van der Waals surface area contributed by atoms with E-state index in [9.17, 15) is 4.79 Å². The molecule has 1 fully saturated rings. The van der Waals surface area contributed by atoms with E-state index in [1.807, 2.05) is 0 Å². The van der Waals surface area contributed by atoms with Crippen LogP contribution in [0.1, 0.15) is 23.3 Å². The third-order valence-corrected chi connectivity index (χ3v) is 4.12. The number of aromatic nitrogens is 2. The van der Waals surface area contributed by atoms with Crippen molar-refractivity contribution in [3.8, 4) is 11.4 Å². The van der Waals surface area contributed by atoms with Crippen LogP contribution in [0.4, 0.5) is 5.82 Å². The highest BCUT2D eigenvalue weighted by atomic mass is 35.5.